The molecule has 0 aliphatic heterocycles. The zero-order valence-electron chi connectivity index (χ0n) is 23.1. The summed E-state index contributed by atoms with van der Waals surface area (Å²) in [6.07, 6.45) is 2.31. The Morgan fingerprint density at radius 1 is 1.15 bits per heavy atom. The van der Waals surface area contributed by atoms with Gasteiger partial charge >= 0.3 is 6.18 Å². The van der Waals surface area contributed by atoms with Gasteiger partial charge in [-0.3, -0.25) is 4.98 Å². The van der Waals surface area contributed by atoms with Crippen LogP contribution in [0.2, 0.25) is 0 Å². The molecule has 3 heterocycles. The predicted octanol–water partition coefficient (Wildman–Crippen LogP) is 6.74. The Hall–Kier alpha value is -3.73. The molecule has 0 bridgehead atoms. The van der Waals surface area contributed by atoms with Crippen molar-refractivity contribution in [2.24, 2.45) is 0 Å². The van der Waals surface area contributed by atoms with Crippen molar-refractivity contribution in [1.82, 2.24) is 29.8 Å². The molecular weight excluding hydrogens is 545 g/mol. The number of allylic oxidation sites excluding steroid dienone is 2. The van der Waals surface area contributed by atoms with Crippen LogP contribution < -0.4 is 9.47 Å². The van der Waals surface area contributed by atoms with Crippen molar-refractivity contribution in [2.75, 3.05) is 14.2 Å². The van der Waals surface area contributed by atoms with E-state index in [4.69, 9.17) is 21.1 Å². The molecule has 0 atom stereocenters. The van der Waals surface area contributed by atoms with Crippen molar-refractivity contribution in [2.45, 2.75) is 59.2 Å². The minimum absolute atomic E-state index is 0.163. The fourth-order valence-corrected chi connectivity index (χ4v) is 4.44. The Bertz CT molecular complexity index is 1470. The molecule has 40 heavy (non-hydrogen) atoms. The molecule has 1 aliphatic carbocycles. The highest BCUT2D eigenvalue weighted by Crippen LogP contribution is 2.45. The lowest BCUT2D eigenvalue weighted by atomic mass is 10.1. The van der Waals surface area contributed by atoms with Crippen LogP contribution in [-0.4, -0.2) is 50.2 Å². The minimum Gasteiger partial charge on any atom is -0.480 e. The van der Waals surface area contributed by atoms with E-state index in [1.54, 1.807) is 32.4 Å². The summed E-state index contributed by atoms with van der Waals surface area (Å²) in [5.41, 5.74) is 3.80. The average Bonchev–Trinajstić information content (AvgIpc) is 3.76. The molecule has 212 valence electrons. The molecule has 3 aromatic heterocycles. The quantitative estimate of drug-likeness (QED) is 0.260. The zero-order chi connectivity index (χ0) is 29.2. The van der Waals surface area contributed by atoms with Gasteiger partial charge in [-0.05, 0) is 52.2 Å². The van der Waals surface area contributed by atoms with Crippen LogP contribution in [0, 0.1) is 13.8 Å². The molecule has 0 radical (unpaired) electrons. The van der Waals surface area contributed by atoms with E-state index in [1.807, 2.05) is 19.9 Å². The largest absolute Gasteiger partial charge is 0.480 e. The summed E-state index contributed by atoms with van der Waals surface area (Å²) in [6.45, 7) is 6.50. The standard InChI is InChI=1S/C28H30ClF3N6O2/c1-7-20(38(5)25(29)17(4)28(30,31)32)23-15(2)10-18(12-33-23)13-40-21-11-16(3)36-26(37-21)22-24(19-8-9-19)34-14-35-27(22)39-6/h7,10-12,14,19H,8-9,13H2,1-6H3/b20-7-,25-17+. The first-order valence-electron chi connectivity index (χ1n) is 12.6. The molecule has 3 aromatic rings. The Morgan fingerprint density at radius 2 is 1.88 bits per heavy atom. The van der Waals surface area contributed by atoms with Gasteiger partial charge < -0.3 is 14.4 Å². The highest BCUT2D eigenvalue weighted by atomic mass is 35.5. The van der Waals surface area contributed by atoms with E-state index in [2.05, 4.69) is 24.9 Å². The number of aromatic nitrogens is 5. The summed E-state index contributed by atoms with van der Waals surface area (Å²) in [7, 11) is 3.02. The molecule has 0 N–H and O–H groups in total. The number of aryl methyl sites for hydroxylation is 2. The van der Waals surface area contributed by atoms with Gasteiger partial charge in [0.25, 0.3) is 0 Å². The molecule has 0 spiro atoms. The highest BCUT2D eigenvalue weighted by Gasteiger charge is 2.34. The zero-order valence-corrected chi connectivity index (χ0v) is 23.9. The Kier molecular flexibility index (Phi) is 8.62. The first kappa shape index (κ1) is 29.3. The molecule has 4 rings (SSSR count). The summed E-state index contributed by atoms with van der Waals surface area (Å²) < 4.78 is 51.1. The van der Waals surface area contributed by atoms with Gasteiger partial charge in [0.2, 0.25) is 11.8 Å². The van der Waals surface area contributed by atoms with Crippen molar-refractivity contribution in [3.63, 3.8) is 0 Å². The van der Waals surface area contributed by atoms with E-state index in [9.17, 15) is 13.2 Å². The summed E-state index contributed by atoms with van der Waals surface area (Å²) in [5.74, 6) is 1.54. The average molecular weight is 575 g/mol. The normalized spacial score (nSPS) is 14.6. The number of rotatable bonds is 9. The first-order valence-corrected chi connectivity index (χ1v) is 13.0. The molecule has 0 unspecified atom stereocenters. The van der Waals surface area contributed by atoms with Crippen molar-refractivity contribution in [1.29, 1.82) is 0 Å². The molecule has 8 nitrogen and oxygen atoms in total. The molecule has 1 aliphatic rings. The van der Waals surface area contributed by atoms with Crippen LogP contribution in [0.3, 0.4) is 0 Å². The molecule has 0 aromatic carbocycles. The van der Waals surface area contributed by atoms with Crippen molar-refractivity contribution in [3.05, 3.63) is 69.7 Å². The predicted molar refractivity (Wildman–Crippen MR) is 146 cm³/mol. The molecule has 12 heteroatoms. The summed E-state index contributed by atoms with van der Waals surface area (Å²) in [5, 5.41) is -0.422. The van der Waals surface area contributed by atoms with E-state index >= 15 is 0 Å². The number of pyridine rings is 1. The van der Waals surface area contributed by atoms with Gasteiger partial charge in [0.05, 0.1) is 29.8 Å². The molecule has 0 amide bonds. The van der Waals surface area contributed by atoms with Crippen LogP contribution in [0.1, 0.15) is 60.8 Å². The van der Waals surface area contributed by atoms with Crippen LogP contribution >= 0.6 is 11.6 Å². The summed E-state index contributed by atoms with van der Waals surface area (Å²) in [6, 6.07) is 3.59. The lowest BCUT2D eigenvalue weighted by molar-refractivity contribution is -0.0924. The second kappa shape index (κ2) is 11.8. The van der Waals surface area contributed by atoms with Gasteiger partial charge in [0, 0.05) is 36.5 Å². The van der Waals surface area contributed by atoms with Crippen LogP contribution in [0.15, 0.2) is 41.5 Å². The van der Waals surface area contributed by atoms with Crippen LogP contribution in [0.5, 0.6) is 11.8 Å². The van der Waals surface area contributed by atoms with E-state index in [-0.39, 0.29) is 6.61 Å². The van der Waals surface area contributed by atoms with Gasteiger partial charge in [0.1, 0.15) is 23.7 Å². The van der Waals surface area contributed by atoms with E-state index < -0.39 is 16.9 Å². The van der Waals surface area contributed by atoms with Crippen molar-refractivity contribution in [3.8, 4) is 23.1 Å². The number of halogens is 4. The Balaban J connectivity index is 1.56. The Labute approximate surface area is 236 Å². The number of hydrogen-bond acceptors (Lipinski definition) is 8. The maximum absolute atomic E-state index is 13.2. The van der Waals surface area contributed by atoms with Crippen molar-refractivity contribution >= 4 is 17.3 Å². The fraction of sp³-hybridized carbons (Fsp3) is 0.393. The van der Waals surface area contributed by atoms with Gasteiger partial charge in [-0.2, -0.15) is 18.2 Å². The summed E-state index contributed by atoms with van der Waals surface area (Å²) >= 11 is 6.08. The number of hydrogen-bond donors (Lipinski definition) is 0. The number of nitrogens with zero attached hydrogens (tertiary/aromatic N) is 6. The molecule has 1 fully saturated rings. The van der Waals surface area contributed by atoms with Gasteiger partial charge in [0.15, 0.2) is 5.82 Å². The second-order valence-corrected chi connectivity index (χ2v) is 9.89. The number of ether oxygens (including phenoxy) is 2. The third-order valence-corrected chi connectivity index (χ3v) is 7.02. The minimum atomic E-state index is -4.54. The van der Waals surface area contributed by atoms with Crippen molar-refractivity contribution < 1.29 is 22.6 Å². The third kappa shape index (κ3) is 6.35. The molecule has 0 saturated heterocycles. The van der Waals surface area contributed by atoms with E-state index in [0.29, 0.717) is 46.2 Å². The number of alkyl halides is 3. The van der Waals surface area contributed by atoms with Gasteiger partial charge in [-0.1, -0.05) is 17.7 Å². The van der Waals surface area contributed by atoms with E-state index in [1.165, 1.54) is 18.3 Å². The van der Waals surface area contributed by atoms with Crippen LogP contribution in [0.4, 0.5) is 13.2 Å². The fourth-order valence-electron chi connectivity index (χ4n) is 4.24. The monoisotopic (exact) mass is 574 g/mol. The van der Waals surface area contributed by atoms with Crippen LogP contribution in [0.25, 0.3) is 17.1 Å². The maximum atomic E-state index is 13.2. The lowest BCUT2D eigenvalue weighted by Gasteiger charge is -2.25. The summed E-state index contributed by atoms with van der Waals surface area (Å²) in [4.78, 5) is 23.7. The highest BCUT2D eigenvalue weighted by molar-refractivity contribution is 6.30. The van der Waals surface area contributed by atoms with Gasteiger partial charge in [-0.15, -0.1) is 0 Å². The lowest BCUT2D eigenvalue weighted by Crippen LogP contribution is -2.21. The Morgan fingerprint density at radius 3 is 2.48 bits per heavy atom. The second-order valence-electron chi connectivity index (χ2n) is 9.53. The van der Waals surface area contributed by atoms with Gasteiger partial charge in [-0.25, -0.2) is 15.0 Å². The SMILES string of the molecule is C/C=C(/c1ncc(COc2cc(C)nc(-c3c(OC)ncnc3C3CC3)n2)cc1C)N(C)/C(Cl)=C(\C)C(F)(F)F. The topological polar surface area (TPSA) is 86.2 Å². The van der Waals surface area contributed by atoms with Crippen LogP contribution in [-0.2, 0) is 6.61 Å². The third-order valence-electron chi connectivity index (χ3n) is 6.48. The number of methoxy groups -OCH3 is 1. The smallest absolute Gasteiger partial charge is 0.415 e. The molecule has 1 saturated carbocycles. The molecular formula is C28H30ClF3N6O2. The van der Waals surface area contributed by atoms with E-state index in [0.717, 1.165) is 36.6 Å². The first-order chi connectivity index (χ1) is 18.9. The maximum Gasteiger partial charge on any atom is 0.415 e.